The topological polar surface area (TPSA) is 199 Å². The van der Waals surface area contributed by atoms with Crippen molar-refractivity contribution in [1.29, 1.82) is 0 Å². The number of rotatable bonds is 3. The van der Waals surface area contributed by atoms with E-state index in [9.17, 15) is 44.7 Å². The Balaban J connectivity index is 2.05. The van der Waals surface area contributed by atoms with Gasteiger partial charge in [0.1, 0.15) is 22.8 Å². The first-order chi connectivity index (χ1) is 15.3. The minimum absolute atomic E-state index is 0.0283. The van der Waals surface area contributed by atoms with Crippen molar-refractivity contribution in [3.63, 3.8) is 0 Å². The summed E-state index contributed by atoms with van der Waals surface area (Å²) in [4.78, 5) is 52.1. The van der Waals surface area contributed by atoms with Crippen LogP contribution in [0.1, 0.15) is 28.3 Å². The van der Waals surface area contributed by atoms with Crippen molar-refractivity contribution in [3.05, 3.63) is 52.0 Å². The molecular formula is C22H22N2O9. The Bertz CT molecular complexity index is 1200. The molecule has 1 aromatic carbocycles. The molecular weight excluding hydrogens is 436 g/mol. The Morgan fingerprint density at radius 1 is 1.15 bits per heavy atom. The third kappa shape index (κ3) is 2.75. The number of carbonyl (C=O) groups excluding carboxylic acids is 3. The van der Waals surface area contributed by atoms with Gasteiger partial charge in [-0.15, -0.1) is 0 Å². The zero-order valence-corrected chi connectivity index (χ0v) is 17.6. The zero-order chi connectivity index (χ0) is 24.6. The van der Waals surface area contributed by atoms with E-state index in [1.807, 2.05) is 0 Å². The minimum atomic E-state index is -2.82. The molecule has 0 aromatic heterocycles. The summed E-state index contributed by atoms with van der Waals surface area (Å²) in [6, 6.07) is 2.73. The number of aliphatic carboxylic acids is 1. The molecule has 11 nitrogen and oxygen atoms in total. The van der Waals surface area contributed by atoms with E-state index in [1.165, 1.54) is 37.2 Å². The fourth-order valence-electron chi connectivity index (χ4n) is 5.54. The van der Waals surface area contributed by atoms with Crippen molar-refractivity contribution in [2.75, 3.05) is 14.1 Å². The Morgan fingerprint density at radius 3 is 2.33 bits per heavy atom. The van der Waals surface area contributed by atoms with Crippen LogP contribution in [0.15, 0.2) is 40.9 Å². The van der Waals surface area contributed by atoms with Crippen LogP contribution in [-0.2, 0) is 14.4 Å². The fourth-order valence-corrected chi connectivity index (χ4v) is 5.54. The van der Waals surface area contributed by atoms with E-state index in [2.05, 4.69) is 0 Å². The smallest absolute Gasteiger partial charge is 0.311 e. The molecule has 0 spiro atoms. The average molecular weight is 458 g/mol. The minimum Gasteiger partial charge on any atom is -0.510 e. The standard InChI is InChI=1S/C22H22N2O9/c1-24(2)15-9-6-8-11(21(31)32)7-4-3-5-10(25)12(7)16(26)13(8)18(28)22(9,33)19(29)14(17(15)27)20(23)30/h3-5,8-9,11,15,25,27-28,33H,6H2,1-2H3,(H2,23,30)(H,31,32)/t8-,9+,11-,15+,22+/m1/s1. The Morgan fingerprint density at radius 2 is 1.79 bits per heavy atom. The number of aromatic hydroxyl groups is 1. The fraction of sp³-hybridized carbons (Fsp3) is 0.364. The first-order valence-corrected chi connectivity index (χ1v) is 10.0. The van der Waals surface area contributed by atoms with Gasteiger partial charge in [0.2, 0.25) is 5.78 Å². The number of carboxylic acid groups (broad SMARTS) is 1. The van der Waals surface area contributed by atoms with Crippen molar-refractivity contribution >= 4 is 23.4 Å². The number of aliphatic hydroxyl groups excluding tert-OH is 2. The van der Waals surface area contributed by atoms with Gasteiger partial charge in [0, 0.05) is 17.4 Å². The summed E-state index contributed by atoms with van der Waals surface area (Å²) in [6.45, 7) is 0. The molecule has 0 bridgehead atoms. The van der Waals surface area contributed by atoms with Crippen LogP contribution in [0, 0.1) is 11.8 Å². The summed E-state index contributed by atoms with van der Waals surface area (Å²) < 4.78 is 0. The summed E-state index contributed by atoms with van der Waals surface area (Å²) in [6.07, 6.45) is -0.307. The van der Waals surface area contributed by atoms with Gasteiger partial charge in [-0.05, 0) is 32.1 Å². The van der Waals surface area contributed by atoms with Gasteiger partial charge in [-0.25, -0.2) is 0 Å². The highest BCUT2D eigenvalue weighted by Gasteiger charge is 2.64. The second kappa shape index (κ2) is 7.15. The average Bonchev–Trinajstić information content (AvgIpc) is 2.70. The lowest BCUT2D eigenvalue weighted by Crippen LogP contribution is -2.64. The van der Waals surface area contributed by atoms with Gasteiger partial charge < -0.3 is 31.3 Å². The van der Waals surface area contributed by atoms with E-state index in [0.29, 0.717) is 0 Å². The lowest BCUT2D eigenvalue weighted by atomic mass is 9.56. The molecule has 7 N–H and O–H groups in total. The van der Waals surface area contributed by atoms with E-state index in [-0.39, 0.29) is 17.5 Å². The van der Waals surface area contributed by atoms with Gasteiger partial charge in [0.25, 0.3) is 5.91 Å². The number of nitrogens with two attached hydrogens (primary N) is 1. The number of ketones is 2. The highest BCUT2D eigenvalue weighted by molar-refractivity contribution is 6.25. The number of fused-ring (bicyclic) bond motifs is 3. The monoisotopic (exact) mass is 458 g/mol. The molecule has 4 rings (SSSR count). The van der Waals surface area contributed by atoms with Crippen LogP contribution >= 0.6 is 0 Å². The number of allylic oxidation sites excluding steroid dienone is 1. The van der Waals surface area contributed by atoms with Gasteiger partial charge in [0.05, 0.1) is 17.5 Å². The number of nitrogens with zero attached hydrogens (tertiary/aromatic N) is 1. The van der Waals surface area contributed by atoms with E-state index in [0.717, 1.165) is 0 Å². The summed E-state index contributed by atoms with van der Waals surface area (Å²) in [5, 5.41) is 53.6. The molecule has 33 heavy (non-hydrogen) atoms. The maximum Gasteiger partial charge on any atom is 0.311 e. The van der Waals surface area contributed by atoms with Crippen LogP contribution in [0.4, 0.5) is 0 Å². The number of phenolic OH excluding ortho intramolecular Hbond substituents is 1. The van der Waals surface area contributed by atoms with Gasteiger partial charge >= 0.3 is 5.97 Å². The Hall–Kier alpha value is -3.70. The number of hydrogen-bond donors (Lipinski definition) is 6. The maximum absolute atomic E-state index is 13.3. The number of hydrogen-bond acceptors (Lipinski definition) is 9. The molecule has 0 saturated carbocycles. The number of Topliss-reactive ketones (excluding diaryl/α,β-unsaturated/α-hetero) is 2. The van der Waals surface area contributed by atoms with Crippen LogP contribution in [0.5, 0.6) is 5.75 Å². The molecule has 5 atom stereocenters. The molecule has 3 aliphatic rings. The molecule has 0 heterocycles. The number of phenols is 1. The van der Waals surface area contributed by atoms with Crippen LogP contribution in [0.2, 0.25) is 0 Å². The number of likely N-dealkylation sites (N-methyl/N-ethyl adjacent to an activating group) is 1. The van der Waals surface area contributed by atoms with Crippen LogP contribution < -0.4 is 5.73 Å². The van der Waals surface area contributed by atoms with Crippen LogP contribution in [0.3, 0.4) is 0 Å². The highest BCUT2D eigenvalue weighted by Crippen LogP contribution is 2.55. The predicted octanol–water partition coefficient (Wildman–Crippen LogP) is -0.254. The summed E-state index contributed by atoms with van der Waals surface area (Å²) in [5.74, 6) is -11.3. The van der Waals surface area contributed by atoms with Crippen LogP contribution in [-0.4, -0.2) is 79.6 Å². The number of benzene rings is 1. The Labute approximate surface area is 187 Å². The van der Waals surface area contributed by atoms with Gasteiger partial charge in [-0.1, -0.05) is 12.1 Å². The molecule has 3 aliphatic carbocycles. The molecule has 0 aliphatic heterocycles. The van der Waals surface area contributed by atoms with E-state index in [4.69, 9.17) is 5.73 Å². The molecule has 11 heteroatoms. The molecule has 0 saturated heterocycles. The molecule has 1 aromatic rings. The summed E-state index contributed by atoms with van der Waals surface area (Å²) in [7, 11) is 2.97. The zero-order valence-electron chi connectivity index (χ0n) is 17.6. The Kier molecular flexibility index (Phi) is 4.88. The van der Waals surface area contributed by atoms with Crippen molar-refractivity contribution in [1.82, 2.24) is 4.90 Å². The van der Waals surface area contributed by atoms with Crippen molar-refractivity contribution in [2.24, 2.45) is 17.6 Å². The number of primary amides is 1. The SMILES string of the molecule is CN(C)[C@@H]1C(O)=C(C(N)=O)C(=O)[C@@]2(O)C(O)=C3C(=O)c4c(O)cccc4[C@@H](C(=O)O)[C@H]3C[C@@H]12. The third-order valence-electron chi connectivity index (χ3n) is 6.87. The van der Waals surface area contributed by atoms with E-state index < -0.39 is 81.3 Å². The summed E-state index contributed by atoms with van der Waals surface area (Å²) >= 11 is 0. The first-order valence-electron chi connectivity index (χ1n) is 10.0. The van der Waals surface area contributed by atoms with Gasteiger partial charge in [0.15, 0.2) is 11.4 Å². The van der Waals surface area contributed by atoms with Gasteiger partial charge in [-0.3, -0.25) is 24.1 Å². The quantitative estimate of drug-likeness (QED) is 0.328. The molecule has 0 fully saturated rings. The number of carboxylic acids is 1. The lowest BCUT2D eigenvalue weighted by molar-refractivity contribution is -0.149. The van der Waals surface area contributed by atoms with E-state index in [1.54, 1.807) is 0 Å². The largest absolute Gasteiger partial charge is 0.510 e. The van der Waals surface area contributed by atoms with Gasteiger partial charge in [-0.2, -0.15) is 0 Å². The van der Waals surface area contributed by atoms with Crippen molar-refractivity contribution in [2.45, 2.75) is 24.0 Å². The maximum atomic E-state index is 13.3. The number of aliphatic hydroxyl groups is 3. The van der Waals surface area contributed by atoms with Crippen LogP contribution in [0.25, 0.3) is 0 Å². The van der Waals surface area contributed by atoms with E-state index >= 15 is 0 Å². The molecule has 174 valence electrons. The predicted molar refractivity (Wildman–Crippen MR) is 110 cm³/mol. The van der Waals surface area contributed by atoms with Crippen molar-refractivity contribution in [3.8, 4) is 5.75 Å². The lowest BCUT2D eigenvalue weighted by Gasteiger charge is -2.51. The third-order valence-corrected chi connectivity index (χ3v) is 6.87. The molecule has 0 radical (unpaired) electrons. The second-order valence-corrected chi connectivity index (χ2v) is 8.73. The number of carbonyl (C=O) groups is 4. The second-order valence-electron chi connectivity index (χ2n) is 8.73. The highest BCUT2D eigenvalue weighted by atomic mass is 16.4. The molecule has 1 amide bonds. The number of amides is 1. The first kappa shape index (κ1) is 22.5. The summed E-state index contributed by atoms with van der Waals surface area (Å²) in [5.41, 5.74) is 0.656. The van der Waals surface area contributed by atoms with Crippen molar-refractivity contribution < 1.29 is 44.7 Å². The molecule has 0 unspecified atom stereocenters. The normalized spacial score (nSPS) is 31.3.